The van der Waals surface area contributed by atoms with Gasteiger partial charge < -0.3 is 5.32 Å². The summed E-state index contributed by atoms with van der Waals surface area (Å²) in [4.78, 5) is 18.4. The molecule has 1 heterocycles. The van der Waals surface area contributed by atoms with Crippen molar-refractivity contribution in [3.05, 3.63) is 18.0 Å². The van der Waals surface area contributed by atoms with E-state index in [0.717, 1.165) is 19.3 Å². The quantitative estimate of drug-likeness (QED) is 0.550. The maximum absolute atomic E-state index is 10.3. The molecule has 1 aromatic heterocycles. The van der Waals surface area contributed by atoms with Crippen LogP contribution in [0.15, 0.2) is 12.4 Å². The van der Waals surface area contributed by atoms with Gasteiger partial charge in [0.1, 0.15) is 0 Å². The molecule has 0 unspecified atom stereocenters. The van der Waals surface area contributed by atoms with Crippen molar-refractivity contribution in [2.75, 3.05) is 11.9 Å². The van der Waals surface area contributed by atoms with E-state index in [-0.39, 0.29) is 0 Å². The Morgan fingerprint density at radius 3 is 2.60 bits per heavy atom. The first kappa shape index (κ1) is 11.6. The lowest BCUT2D eigenvalue weighted by molar-refractivity contribution is 0.112. The second-order valence-corrected chi connectivity index (χ2v) is 3.45. The zero-order chi connectivity index (χ0) is 10.9. The van der Waals surface area contributed by atoms with Crippen LogP contribution < -0.4 is 5.32 Å². The van der Waals surface area contributed by atoms with Crippen molar-refractivity contribution in [1.29, 1.82) is 0 Å². The van der Waals surface area contributed by atoms with Crippen LogP contribution in [0.5, 0.6) is 0 Å². The Kier molecular flexibility index (Phi) is 5.37. The highest BCUT2D eigenvalue weighted by Crippen LogP contribution is 2.01. The number of carbonyl (C=O) groups excluding carboxylic acids is 1. The third-order valence-electron chi connectivity index (χ3n) is 2.12. The maximum atomic E-state index is 10.3. The summed E-state index contributed by atoms with van der Waals surface area (Å²) in [5.74, 6) is 0.595. The van der Waals surface area contributed by atoms with E-state index in [1.54, 1.807) is 0 Å². The van der Waals surface area contributed by atoms with Crippen molar-refractivity contribution < 1.29 is 4.79 Å². The van der Waals surface area contributed by atoms with Gasteiger partial charge in [-0.2, -0.15) is 0 Å². The topological polar surface area (TPSA) is 54.9 Å². The molecule has 0 aliphatic heterocycles. The molecule has 0 aliphatic carbocycles. The van der Waals surface area contributed by atoms with Crippen molar-refractivity contribution in [2.45, 2.75) is 32.6 Å². The van der Waals surface area contributed by atoms with Crippen LogP contribution in [-0.2, 0) is 0 Å². The van der Waals surface area contributed by atoms with Crippen LogP contribution in [0.3, 0.4) is 0 Å². The molecule has 82 valence electrons. The molecule has 0 bridgehead atoms. The third-order valence-corrected chi connectivity index (χ3v) is 2.12. The Hall–Kier alpha value is -1.45. The van der Waals surface area contributed by atoms with E-state index in [9.17, 15) is 4.79 Å². The monoisotopic (exact) mass is 207 g/mol. The normalized spacial score (nSPS) is 9.93. The molecule has 0 saturated heterocycles. The van der Waals surface area contributed by atoms with Gasteiger partial charge in [-0.3, -0.25) is 4.79 Å². The van der Waals surface area contributed by atoms with E-state index in [1.165, 1.54) is 31.7 Å². The summed E-state index contributed by atoms with van der Waals surface area (Å²) in [7, 11) is 0. The highest BCUT2D eigenvalue weighted by molar-refractivity contribution is 5.73. The Balaban J connectivity index is 2.22. The van der Waals surface area contributed by atoms with Gasteiger partial charge in [0.15, 0.2) is 6.29 Å². The zero-order valence-corrected chi connectivity index (χ0v) is 9.07. The molecule has 4 heteroatoms. The average Bonchev–Trinajstić information content (AvgIpc) is 2.30. The summed E-state index contributed by atoms with van der Waals surface area (Å²) in [6.45, 7) is 3.08. The second-order valence-electron chi connectivity index (χ2n) is 3.45. The van der Waals surface area contributed by atoms with Crippen molar-refractivity contribution in [1.82, 2.24) is 9.97 Å². The molecule has 4 nitrogen and oxygen atoms in total. The molecular weight excluding hydrogens is 190 g/mol. The number of hydrogen-bond donors (Lipinski definition) is 1. The van der Waals surface area contributed by atoms with Crippen LogP contribution in [0.2, 0.25) is 0 Å². The molecular formula is C11H17N3O. The molecule has 15 heavy (non-hydrogen) atoms. The summed E-state index contributed by atoms with van der Waals surface area (Å²) in [5, 5.41) is 3.12. The summed E-state index contributed by atoms with van der Waals surface area (Å²) in [6, 6.07) is 0. The van der Waals surface area contributed by atoms with Crippen LogP contribution in [0.1, 0.15) is 43.0 Å². The Morgan fingerprint density at radius 1 is 1.27 bits per heavy atom. The third kappa shape index (κ3) is 4.54. The summed E-state index contributed by atoms with van der Waals surface area (Å²) >= 11 is 0. The summed E-state index contributed by atoms with van der Waals surface area (Å²) in [6.07, 6.45) is 8.66. The van der Waals surface area contributed by atoms with Gasteiger partial charge in [0.05, 0.1) is 5.56 Å². The molecule has 1 rings (SSSR count). The van der Waals surface area contributed by atoms with Crippen molar-refractivity contribution in [2.24, 2.45) is 0 Å². The van der Waals surface area contributed by atoms with E-state index in [4.69, 9.17) is 0 Å². The SMILES string of the molecule is CCCCCCNc1ncc(C=O)cn1. The molecule has 0 amide bonds. The summed E-state index contributed by atoms with van der Waals surface area (Å²) < 4.78 is 0. The van der Waals surface area contributed by atoms with Crippen molar-refractivity contribution in [3.8, 4) is 0 Å². The first-order valence-corrected chi connectivity index (χ1v) is 5.38. The molecule has 1 N–H and O–H groups in total. The minimum Gasteiger partial charge on any atom is -0.354 e. The van der Waals surface area contributed by atoms with Crippen LogP contribution in [-0.4, -0.2) is 22.8 Å². The fourth-order valence-electron chi connectivity index (χ4n) is 1.24. The predicted molar refractivity (Wildman–Crippen MR) is 60.1 cm³/mol. The Bertz CT molecular complexity index is 284. The Morgan fingerprint density at radius 2 is 2.00 bits per heavy atom. The predicted octanol–water partition coefficient (Wildman–Crippen LogP) is 2.28. The van der Waals surface area contributed by atoms with Gasteiger partial charge in [0, 0.05) is 18.9 Å². The number of aromatic nitrogens is 2. The van der Waals surface area contributed by atoms with Gasteiger partial charge >= 0.3 is 0 Å². The highest BCUT2D eigenvalue weighted by Gasteiger charge is 1.95. The number of hydrogen-bond acceptors (Lipinski definition) is 4. The van der Waals surface area contributed by atoms with E-state index in [0.29, 0.717) is 11.5 Å². The number of carbonyl (C=O) groups is 1. The zero-order valence-electron chi connectivity index (χ0n) is 9.07. The minimum absolute atomic E-state index is 0.506. The van der Waals surface area contributed by atoms with Crippen LogP contribution in [0, 0.1) is 0 Å². The molecule has 0 spiro atoms. The van der Waals surface area contributed by atoms with Gasteiger partial charge in [-0.05, 0) is 6.42 Å². The first-order chi connectivity index (χ1) is 7.36. The Labute approximate surface area is 90.1 Å². The van der Waals surface area contributed by atoms with Gasteiger partial charge in [-0.15, -0.1) is 0 Å². The van der Waals surface area contributed by atoms with Crippen LogP contribution >= 0.6 is 0 Å². The first-order valence-electron chi connectivity index (χ1n) is 5.38. The molecule has 1 aromatic rings. The fraction of sp³-hybridized carbons (Fsp3) is 0.545. The van der Waals surface area contributed by atoms with Crippen LogP contribution in [0.25, 0.3) is 0 Å². The van der Waals surface area contributed by atoms with E-state index >= 15 is 0 Å². The fourth-order valence-corrected chi connectivity index (χ4v) is 1.24. The lowest BCUT2D eigenvalue weighted by Gasteiger charge is -2.03. The molecule has 0 atom stereocenters. The standard InChI is InChI=1S/C11H17N3O/c1-2-3-4-5-6-12-11-13-7-10(9-15)8-14-11/h7-9H,2-6H2,1H3,(H,12,13,14). The van der Waals surface area contributed by atoms with Crippen molar-refractivity contribution >= 4 is 12.2 Å². The van der Waals surface area contributed by atoms with Gasteiger partial charge in [0.2, 0.25) is 5.95 Å². The van der Waals surface area contributed by atoms with Gasteiger partial charge in [-0.1, -0.05) is 26.2 Å². The van der Waals surface area contributed by atoms with Gasteiger partial charge in [-0.25, -0.2) is 9.97 Å². The number of rotatable bonds is 7. The molecule has 0 saturated carbocycles. The lowest BCUT2D eigenvalue weighted by atomic mass is 10.2. The van der Waals surface area contributed by atoms with E-state index in [2.05, 4.69) is 22.2 Å². The van der Waals surface area contributed by atoms with Crippen LogP contribution in [0.4, 0.5) is 5.95 Å². The molecule has 0 radical (unpaired) electrons. The van der Waals surface area contributed by atoms with E-state index < -0.39 is 0 Å². The minimum atomic E-state index is 0.506. The van der Waals surface area contributed by atoms with Gasteiger partial charge in [0.25, 0.3) is 0 Å². The second kappa shape index (κ2) is 6.92. The largest absolute Gasteiger partial charge is 0.354 e. The molecule has 0 aromatic carbocycles. The number of aldehydes is 1. The highest BCUT2D eigenvalue weighted by atomic mass is 16.1. The summed E-state index contributed by atoms with van der Waals surface area (Å²) in [5.41, 5.74) is 0.506. The molecule has 0 fully saturated rings. The van der Waals surface area contributed by atoms with E-state index in [1.807, 2.05) is 0 Å². The molecule has 0 aliphatic rings. The smallest absolute Gasteiger partial charge is 0.222 e. The number of anilines is 1. The average molecular weight is 207 g/mol. The number of unbranched alkanes of at least 4 members (excludes halogenated alkanes) is 3. The number of nitrogens with one attached hydrogen (secondary N) is 1. The lowest BCUT2D eigenvalue weighted by Crippen LogP contribution is -2.05. The maximum Gasteiger partial charge on any atom is 0.222 e. The number of nitrogens with zero attached hydrogens (tertiary/aromatic N) is 2. The van der Waals surface area contributed by atoms with Crippen molar-refractivity contribution in [3.63, 3.8) is 0 Å².